The second-order valence-electron chi connectivity index (χ2n) is 8.01. The van der Waals surface area contributed by atoms with E-state index in [1.165, 1.54) is 0 Å². The van der Waals surface area contributed by atoms with Crippen molar-refractivity contribution in [3.05, 3.63) is 52.1 Å². The Labute approximate surface area is 185 Å². The lowest BCUT2D eigenvalue weighted by Gasteiger charge is -2.36. The van der Waals surface area contributed by atoms with Crippen LogP contribution in [0.15, 0.2) is 41.4 Å². The molecule has 6 nitrogen and oxygen atoms in total. The van der Waals surface area contributed by atoms with Gasteiger partial charge in [0.15, 0.2) is 0 Å². The number of nitrogens with one attached hydrogen (secondary N) is 2. The Balaban J connectivity index is 1.72. The van der Waals surface area contributed by atoms with Crippen LogP contribution in [0.2, 0.25) is 10.0 Å². The minimum Gasteiger partial charge on any atom is -0.359 e. The highest BCUT2D eigenvalue weighted by Crippen LogP contribution is 2.52. The number of hydrogen-bond donors (Lipinski definition) is 3. The Hall–Kier alpha value is -1.61. The number of aromatic amines is 1. The van der Waals surface area contributed by atoms with Crippen LogP contribution in [0.25, 0.3) is 22.0 Å². The number of benzene rings is 2. The Bertz CT molecular complexity index is 1250. The average molecular weight is 465 g/mol. The van der Waals surface area contributed by atoms with Gasteiger partial charge >= 0.3 is 0 Å². The molecule has 1 saturated heterocycles. The summed E-state index contributed by atoms with van der Waals surface area (Å²) in [5, 5.41) is 10.6. The molecule has 1 saturated carbocycles. The van der Waals surface area contributed by atoms with Crippen LogP contribution in [0, 0.1) is 0 Å². The maximum Gasteiger partial charge on any atom is 0.238 e. The second kappa shape index (κ2) is 7.22. The van der Waals surface area contributed by atoms with Gasteiger partial charge in [0, 0.05) is 54.4 Å². The van der Waals surface area contributed by atoms with Crippen LogP contribution in [-0.2, 0) is 15.6 Å². The van der Waals surface area contributed by atoms with Crippen molar-refractivity contribution in [1.82, 2.24) is 15.2 Å². The molecule has 30 heavy (non-hydrogen) atoms. The van der Waals surface area contributed by atoms with Gasteiger partial charge in [0.2, 0.25) is 10.0 Å². The number of fused-ring (bicyclic) bond motifs is 1. The molecule has 2 fully saturated rings. The number of nitrogens with zero attached hydrogens (tertiary/aromatic N) is 1. The van der Waals surface area contributed by atoms with E-state index in [9.17, 15) is 8.42 Å². The standard InChI is InChI=1S/C21H22Cl2N4O2S/c22-16-3-2-14(20-19(16)17(23)12-26-20)15-11-13(1-4-18(15)30(24,28)29)21(5-6-21)27-9-7-25-8-10-27/h1-4,11-12,25-26H,5-10H2,(H2,24,28,29). The summed E-state index contributed by atoms with van der Waals surface area (Å²) in [5.41, 5.74) is 3.06. The normalized spacial score (nSPS) is 19.3. The summed E-state index contributed by atoms with van der Waals surface area (Å²) in [6.45, 7) is 3.87. The highest BCUT2D eigenvalue weighted by molar-refractivity contribution is 7.89. The first-order chi connectivity index (χ1) is 14.3. The summed E-state index contributed by atoms with van der Waals surface area (Å²) in [4.78, 5) is 5.74. The topological polar surface area (TPSA) is 91.2 Å². The molecule has 2 aromatic carbocycles. The minimum absolute atomic E-state index is 0.0351. The lowest BCUT2D eigenvalue weighted by molar-refractivity contribution is 0.154. The molecule has 2 aliphatic rings. The van der Waals surface area contributed by atoms with Crippen molar-refractivity contribution in [3.8, 4) is 11.1 Å². The zero-order chi connectivity index (χ0) is 21.1. The van der Waals surface area contributed by atoms with E-state index < -0.39 is 10.0 Å². The number of primary sulfonamides is 1. The number of H-pyrrole nitrogens is 1. The molecule has 9 heteroatoms. The van der Waals surface area contributed by atoms with Crippen LogP contribution in [-0.4, -0.2) is 44.5 Å². The predicted octanol–water partition coefficient (Wildman–Crippen LogP) is 3.68. The van der Waals surface area contributed by atoms with Crippen LogP contribution in [0.3, 0.4) is 0 Å². The van der Waals surface area contributed by atoms with E-state index in [2.05, 4.69) is 15.2 Å². The number of hydrogen-bond acceptors (Lipinski definition) is 4. The summed E-state index contributed by atoms with van der Waals surface area (Å²) in [7, 11) is -3.92. The first-order valence-electron chi connectivity index (χ1n) is 9.90. The molecule has 1 aliphatic heterocycles. The molecule has 0 bridgehead atoms. The van der Waals surface area contributed by atoms with Gasteiger partial charge in [-0.15, -0.1) is 0 Å². The van der Waals surface area contributed by atoms with Crippen LogP contribution < -0.4 is 10.5 Å². The van der Waals surface area contributed by atoms with Gasteiger partial charge in [-0.1, -0.05) is 35.3 Å². The first kappa shape index (κ1) is 20.3. The first-order valence-corrected chi connectivity index (χ1v) is 12.2. The van der Waals surface area contributed by atoms with Crippen molar-refractivity contribution >= 4 is 44.1 Å². The third-order valence-electron chi connectivity index (χ3n) is 6.30. The number of nitrogens with two attached hydrogens (primary N) is 1. The van der Waals surface area contributed by atoms with E-state index in [1.807, 2.05) is 18.2 Å². The molecule has 3 aromatic rings. The third-order valence-corrected chi connectivity index (χ3v) is 7.88. The molecule has 1 aromatic heterocycles. The zero-order valence-corrected chi connectivity index (χ0v) is 18.5. The maximum absolute atomic E-state index is 12.4. The molecule has 4 N–H and O–H groups in total. The van der Waals surface area contributed by atoms with Crippen LogP contribution in [0.5, 0.6) is 0 Å². The monoisotopic (exact) mass is 464 g/mol. The SMILES string of the molecule is NS(=O)(=O)c1ccc(C2(N3CCNCC3)CC2)cc1-c1ccc(Cl)c2c(Cl)c[nH]c12. The number of piperazine rings is 1. The van der Waals surface area contributed by atoms with Gasteiger partial charge in [0.1, 0.15) is 0 Å². The van der Waals surface area contributed by atoms with E-state index in [-0.39, 0.29) is 10.4 Å². The smallest absolute Gasteiger partial charge is 0.238 e. The quantitative estimate of drug-likeness (QED) is 0.548. The fraction of sp³-hybridized carbons (Fsp3) is 0.333. The van der Waals surface area contributed by atoms with Crippen LogP contribution >= 0.6 is 23.2 Å². The van der Waals surface area contributed by atoms with Crippen molar-refractivity contribution in [1.29, 1.82) is 0 Å². The number of rotatable bonds is 4. The predicted molar refractivity (Wildman–Crippen MR) is 120 cm³/mol. The summed E-state index contributed by atoms with van der Waals surface area (Å²) >= 11 is 12.7. The van der Waals surface area contributed by atoms with Gasteiger partial charge in [-0.05, 0) is 36.6 Å². The molecular formula is C21H22Cl2N4O2S. The number of aromatic nitrogens is 1. The zero-order valence-electron chi connectivity index (χ0n) is 16.2. The fourth-order valence-corrected chi connectivity index (χ4v) is 5.96. The van der Waals surface area contributed by atoms with Gasteiger partial charge in [0.25, 0.3) is 0 Å². The van der Waals surface area contributed by atoms with E-state index in [4.69, 9.17) is 28.3 Å². The van der Waals surface area contributed by atoms with Gasteiger partial charge in [-0.3, -0.25) is 4.90 Å². The fourth-order valence-electron chi connectivity index (χ4n) is 4.67. The highest BCUT2D eigenvalue weighted by Gasteiger charge is 2.49. The van der Waals surface area contributed by atoms with Crippen molar-refractivity contribution in [2.45, 2.75) is 23.3 Å². The third kappa shape index (κ3) is 3.25. The molecule has 0 spiro atoms. The summed E-state index contributed by atoms with van der Waals surface area (Å²) in [6.07, 6.45) is 3.78. The molecule has 2 heterocycles. The summed E-state index contributed by atoms with van der Waals surface area (Å²) in [5.74, 6) is 0. The Morgan fingerprint density at radius 1 is 1.00 bits per heavy atom. The average Bonchev–Trinajstić information content (AvgIpc) is 3.45. The van der Waals surface area contributed by atoms with Crippen molar-refractivity contribution in [3.63, 3.8) is 0 Å². The van der Waals surface area contributed by atoms with Gasteiger partial charge in [0.05, 0.1) is 20.5 Å². The van der Waals surface area contributed by atoms with E-state index in [1.54, 1.807) is 18.3 Å². The number of halogens is 2. The highest BCUT2D eigenvalue weighted by atomic mass is 35.5. The molecule has 0 unspecified atom stereocenters. The molecule has 5 rings (SSSR count). The van der Waals surface area contributed by atoms with Gasteiger partial charge in [-0.25, -0.2) is 13.6 Å². The van der Waals surface area contributed by atoms with Crippen molar-refractivity contribution in [2.24, 2.45) is 5.14 Å². The number of sulfonamides is 1. The molecule has 0 atom stereocenters. The van der Waals surface area contributed by atoms with Crippen molar-refractivity contribution in [2.75, 3.05) is 26.2 Å². The molecular weight excluding hydrogens is 443 g/mol. The lowest BCUT2D eigenvalue weighted by Crippen LogP contribution is -2.48. The second-order valence-corrected chi connectivity index (χ2v) is 10.4. The molecule has 1 aliphatic carbocycles. The van der Waals surface area contributed by atoms with E-state index in [0.29, 0.717) is 32.1 Å². The maximum atomic E-state index is 12.4. The van der Waals surface area contributed by atoms with Crippen LogP contribution in [0.4, 0.5) is 0 Å². The minimum atomic E-state index is -3.92. The van der Waals surface area contributed by atoms with Gasteiger partial charge in [-0.2, -0.15) is 0 Å². The Morgan fingerprint density at radius 2 is 1.73 bits per heavy atom. The van der Waals surface area contributed by atoms with E-state index in [0.717, 1.165) is 44.6 Å². The van der Waals surface area contributed by atoms with Crippen molar-refractivity contribution < 1.29 is 8.42 Å². The largest absolute Gasteiger partial charge is 0.359 e. The molecule has 158 valence electrons. The summed E-state index contributed by atoms with van der Waals surface area (Å²) in [6, 6.07) is 9.07. The molecule has 0 radical (unpaired) electrons. The van der Waals surface area contributed by atoms with Crippen LogP contribution in [0.1, 0.15) is 18.4 Å². The summed E-state index contributed by atoms with van der Waals surface area (Å²) < 4.78 is 24.8. The Morgan fingerprint density at radius 3 is 2.40 bits per heavy atom. The van der Waals surface area contributed by atoms with E-state index >= 15 is 0 Å². The van der Waals surface area contributed by atoms with Gasteiger partial charge < -0.3 is 10.3 Å². The Kier molecular flexibility index (Phi) is 4.89. The lowest BCUT2D eigenvalue weighted by atomic mass is 9.95. The molecule has 0 amide bonds.